The molecule has 0 bridgehead atoms. The Kier molecular flexibility index (Phi) is 6.69. The van der Waals surface area contributed by atoms with E-state index in [9.17, 15) is 18.0 Å². The number of sulfonamides is 1. The second kappa shape index (κ2) is 8.60. The normalized spacial score (nSPS) is 11.0. The van der Waals surface area contributed by atoms with E-state index in [0.717, 1.165) is 6.26 Å². The molecule has 0 radical (unpaired) electrons. The van der Waals surface area contributed by atoms with E-state index in [1.807, 2.05) is 0 Å². The molecule has 7 nitrogen and oxygen atoms in total. The first kappa shape index (κ1) is 21.0. The first-order valence-corrected chi connectivity index (χ1v) is 10.3. The van der Waals surface area contributed by atoms with Gasteiger partial charge in [-0.2, -0.15) is 0 Å². The number of nitrogens with one attached hydrogen (secondary N) is 3. The van der Waals surface area contributed by atoms with Crippen molar-refractivity contribution in [2.45, 2.75) is 13.5 Å². The fraction of sp³-hybridized carbons (Fsp3) is 0.176. The Hall–Kier alpha value is -2.29. The highest BCUT2D eigenvalue weighted by atomic mass is 35.5. The maximum Gasteiger partial charge on any atom is 0.253 e. The van der Waals surface area contributed by atoms with E-state index < -0.39 is 15.9 Å². The Morgan fingerprint density at radius 1 is 1.07 bits per heavy atom. The highest BCUT2D eigenvalue weighted by Gasteiger charge is 2.16. The number of hydrogen-bond donors (Lipinski definition) is 3. The third kappa shape index (κ3) is 6.42. The van der Waals surface area contributed by atoms with Gasteiger partial charge in [0.1, 0.15) is 0 Å². The van der Waals surface area contributed by atoms with Crippen molar-refractivity contribution < 1.29 is 18.0 Å². The zero-order chi connectivity index (χ0) is 20.2. The molecule has 0 saturated carbocycles. The average molecular weight is 430 g/mol. The Morgan fingerprint density at radius 3 is 2.37 bits per heavy atom. The van der Waals surface area contributed by atoms with Crippen molar-refractivity contribution in [2.75, 3.05) is 16.3 Å². The molecule has 2 amide bonds. The lowest BCUT2D eigenvalue weighted by molar-refractivity contribution is -0.114. The van der Waals surface area contributed by atoms with E-state index >= 15 is 0 Å². The second-order valence-corrected chi connectivity index (χ2v) is 8.33. The number of rotatable bonds is 6. The van der Waals surface area contributed by atoms with Crippen LogP contribution in [0, 0.1) is 0 Å². The van der Waals surface area contributed by atoms with Crippen LogP contribution in [0.2, 0.25) is 10.0 Å². The van der Waals surface area contributed by atoms with Gasteiger partial charge in [-0.05, 0) is 35.9 Å². The summed E-state index contributed by atoms with van der Waals surface area (Å²) in [7, 11) is -3.60. The average Bonchev–Trinajstić information content (AvgIpc) is 2.53. The molecule has 144 valence electrons. The molecule has 10 heteroatoms. The van der Waals surface area contributed by atoms with Gasteiger partial charge >= 0.3 is 0 Å². The van der Waals surface area contributed by atoms with E-state index in [0.29, 0.717) is 21.3 Å². The summed E-state index contributed by atoms with van der Waals surface area (Å²) in [6.07, 6.45) is 0.976. The minimum absolute atomic E-state index is 0.0526. The third-order valence-corrected chi connectivity index (χ3v) is 4.51. The van der Waals surface area contributed by atoms with E-state index in [4.69, 9.17) is 23.2 Å². The zero-order valence-corrected chi connectivity index (χ0v) is 16.8. The zero-order valence-electron chi connectivity index (χ0n) is 14.5. The molecule has 2 rings (SSSR count). The minimum atomic E-state index is -3.60. The maximum atomic E-state index is 12.6. The molecule has 0 atom stereocenters. The molecule has 3 N–H and O–H groups in total. The lowest BCUT2D eigenvalue weighted by atomic mass is 10.1. The van der Waals surface area contributed by atoms with E-state index in [-0.39, 0.29) is 23.7 Å². The molecule has 0 spiro atoms. The number of anilines is 2. The minimum Gasteiger partial charge on any atom is -0.348 e. The van der Waals surface area contributed by atoms with Gasteiger partial charge in [-0.25, -0.2) is 8.42 Å². The molecule has 0 aliphatic carbocycles. The molecule has 2 aromatic rings. The molecule has 27 heavy (non-hydrogen) atoms. The lowest BCUT2D eigenvalue weighted by Crippen LogP contribution is -2.25. The van der Waals surface area contributed by atoms with Crippen LogP contribution in [-0.2, 0) is 21.4 Å². The van der Waals surface area contributed by atoms with Crippen molar-refractivity contribution in [1.82, 2.24) is 5.32 Å². The van der Waals surface area contributed by atoms with Crippen LogP contribution in [0.1, 0.15) is 22.8 Å². The summed E-state index contributed by atoms with van der Waals surface area (Å²) in [4.78, 5) is 23.8. The second-order valence-electron chi connectivity index (χ2n) is 5.73. The number of halogens is 2. The topological polar surface area (TPSA) is 104 Å². The summed E-state index contributed by atoms with van der Waals surface area (Å²) < 4.78 is 25.4. The fourth-order valence-electron chi connectivity index (χ4n) is 2.24. The van der Waals surface area contributed by atoms with Gasteiger partial charge in [0.25, 0.3) is 5.91 Å². The smallest absolute Gasteiger partial charge is 0.253 e. The van der Waals surface area contributed by atoms with Crippen LogP contribution >= 0.6 is 23.2 Å². The summed E-state index contributed by atoms with van der Waals surface area (Å²) >= 11 is 11.9. The van der Waals surface area contributed by atoms with Crippen molar-refractivity contribution in [3.63, 3.8) is 0 Å². The van der Waals surface area contributed by atoms with Crippen molar-refractivity contribution in [3.05, 3.63) is 57.6 Å². The van der Waals surface area contributed by atoms with Gasteiger partial charge in [0.15, 0.2) is 0 Å². The van der Waals surface area contributed by atoms with E-state index in [1.165, 1.54) is 25.1 Å². The third-order valence-electron chi connectivity index (χ3n) is 3.33. The summed E-state index contributed by atoms with van der Waals surface area (Å²) in [6, 6.07) is 9.14. The fourth-order valence-corrected chi connectivity index (χ4v) is 3.29. The Morgan fingerprint density at radius 2 is 1.78 bits per heavy atom. The standard InChI is InChI=1S/C17H17Cl2N3O4S/c1-10(23)21-13-5-6-16(22-27(2,25)26)14(8-13)17(24)20-9-11-3-4-12(18)7-15(11)19/h3-8,22H,9H2,1-2H3,(H,20,24)(H,21,23). The molecule has 0 heterocycles. The number of benzene rings is 2. The largest absolute Gasteiger partial charge is 0.348 e. The van der Waals surface area contributed by atoms with Crippen LogP contribution in [-0.4, -0.2) is 26.5 Å². The molecule has 0 aromatic heterocycles. The van der Waals surface area contributed by atoms with Gasteiger partial charge in [0.05, 0.1) is 17.5 Å². The highest BCUT2D eigenvalue weighted by Crippen LogP contribution is 2.23. The number of carbonyl (C=O) groups excluding carboxylic acids is 2. The van der Waals surface area contributed by atoms with Gasteiger partial charge in [-0.15, -0.1) is 0 Å². The molecule has 2 aromatic carbocycles. The molecule has 0 fully saturated rings. The van der Waals surface area contributed by atoms with Crippen molar-refractivity contribution in [2.24, 2.45) is 0 Å². The molecule has 0 saturated heterocycles. The molecular weight excluding hydrogens is 413 g/mol. The number of amides is 2. The highest BCUT2D eigenvalue weighted by molar-refractivity contribution is 7.92. The van der Waals surface area contributed by atoms with Crippen molar-refractivity contribution in [3.8, 4) is 0 Å². The lowest BCUT2D eigenvalue weighted by Gasteiger charge is -2.14. The monoisotopic (exact) mass is 429 g/mol. The van der Waals surface area contributed by atoms with Gasteiger partial charge in [-0.3, -0.25) is 14.3 Å². The van der Waals surface area contributed by atoms with Crippen LogP contribution in [0.3, 0.4) is 0 Å². The predicted molar refractivity (Wildman–Crippen MR) is 107 cm³/mol. The van der Waals surface area contributed by atoms with Crippen LogP contribution in [0.5, 0.6) is 0 Å². The summed E-state index contributed by atoms with van der Waals surface area (Å²) in [5.41, 5.74) is 1.14. The Labute approximate surface area is 167 Å². The van der Waals surface area contributed by atoms with Gasteiger partial charge < -0.3 is 10.6 Å². The van der Waals surface area contributed by atoms with Crippen LogP contribution in [0.25, 0.3) is 0 Å². The van der Waals surface area contributed by atoms with Gasteiger partial charge in [0, 0.05) is 29.2 Å². The van der Waals surface area contributed by atoms with Crippen LogP contribution < -0.4 is 15.4 Å². The summed E-state index contributed by atoms with van der Waals surface area (Å²) in [6.45, 7) is 1.43. The van der Waals surface area contributed by atoms with Gasteiger partial charge in [-0.1, -0.05) is 29.3 Å². The summed E-state index contributed by atoms with van der Waals surface area (Å²) in [5.74, 6) is -0.863. The summed E-state index contributed by atoms with van der Waals surface area (Å²) in [5, 5.41) is 6.08. The van der Waals surface area contributed by atoms with Crippen LogP contribution in [0.4, 0.5) is 11.4 Å². The molecular formula is C17H17Cl2N3O4S. The first-order valence-electron chi connectivity index (χ1n) is 7.67. The quantitative estimate of drug-likeness (QED) is 0.655. The predicted octanol–water partition coefficient (Wildman–Crippen LogP) is 3.25. The first-order chi connectivity index (χ1) is 12.5. The number of hydrogen-bond acceptors (Lipinski definition) is 4. The van der Waals surface area contributed by atoms with Crippen molar-refractivity contribution in [1.29, 1.82) is 0 Å². The Balaban J connectivity index is 2.28. The number of carbonyl (C=O) groups is 2. The molecule has 0 unspecified atom stereocenters. The van der Waals surface area contributed by atoms with Crippen LogP contribution in [0.15, 0.2) is 36.4 Å². The van der Waals surface area contributed by atoms with E-state index in [1.54, 1.807) is 18.2 Å². The van der Waals surface area contributed by atoms with Gasteiger partial charge in [0.2, 0.25) is 15.9 Å². The maximum absolute atomic E-state index is 12.6. The molecule has 0 aliphatic heterocycles. The Bertz CT molecular complexity index is 994. The van der Waals surface area contributed by atoms with Crippen molar-refractivity contribution >= 4 is 56.4 Å². The van der Waals surface area contributed by atoms with E-state index in [2.05, 4.69) is 15.4 Å². The SMILES string of the molecule is CC(=O)Nc1ccc(NS(C)(=O)=O)c(C(=O)NCc2ccc(Cl)cc2Cl)c1. The molecule has 0 aliphatic rings.